The number of benzene rings is 1. The fourth-order valence-corrected chi connectivity index (χ4v) is 3.75. The van der Waals surface area contributed by atoms with Crippen LogP contribution in [0.4, 0.5) is 5.69 Å². The Morgan fingerprint density at radius 3 is 2.29 bits per heavy atom. The molecule has 6 nitrogen and oxygen atoms in total. The quantitative estimate of drug-likeness (QED) is 0.457. The number of hydrogen-bond acceptors (Lipinski definition) is 5. The van der Waals surface area contributed by atoms with Crippen LogP contribution in [-0.4, -0.2) is 17.7 Å². The lowest BCUT2D eigenvalue weighted by Crippen LogP contribution is -2.20. The molecule has 0 heterocycles. The number of hydrogen-bond donors (Lipinski definition) is 0. The highest BCUT2D eigenvalue weighted by Crippen LogP contribution is 2.47. The first kappa shape index (κ1) is 16.0. The summed E-state index contributed by atoms with van der Waals surface area (Å²) in [7, 11) is -3.21. The van der Waals surface area contributed by atoms with Crippen LogP contribution >= 0.6 is 7.60 Å². The monoisotopic (exact) mass is 313 g/mol. The zero-order chi connectivity index (χ0) is 15.5. The van der Waals surface area contributed by atoms with Crippen molar-refractivity contribution in [2.75, 3.05) is 6.66 Å². The van der Waals surface area contributed by atoms with E-state index in [2.05, 4.69) is 6.92 Å². The molecule has 2 rings (SSSR count). The molecule has 0 amide bonds. The van der Waals surface area contributed by atoms with E-state index in [-0.39, 0.29) is 11.8 Å². The first-order chi connectivity index (χ1) is 9.85. The van der Waals surface area contributed by atoms with Crippen LogP contribution in [0.1, 0.15) is 32.6 Å². The molecule has 1 aromatic rings. The molecule has 0 N–H and O–H groups in total. The van der Waals surface area contributed by atoms with E-state index in [0.29, 0.717) is 11.7 Å². The Bertz CT molecular complexity index is 537. The van der Waals surface area contributed by atoms with Crippen molar-refractivity contribution in [3.05, 3.63) is 34.4 Å². The van der Waals surface area contributed by atoms with Crippen LogP contribution < -0.4 is 4.52 Å². The van der Waals surface area contributed by atoms with Gasteiger partial charge in [0.05, 0.1) is 11.0 Å². The molecule has 1 aliphatic carbocycles. The molecule has 21 heavy (non-hydrogen) atoms. The van der Waals surface area contributed by atoms with E-state index in [9.17, 15) is 14.7 Å². The minimum atomic E-state index is -3.21. The van der Waals surface area contributed by atoms with Crippen LogP contribution in [0.3, 0.4) is 0 Å². The van der Waals surface area contributed by atoms with Crippen molar-refractivity contribution in [2.24, 2.45) is 5.92 Å². The Balaban J connectivity index is 1.93. The molecule has 1 aliphatic rings. The van der Waals surface area contributed by atoms with Crippen LogP contribution in [0.15, 0.2) is 24.3 Å². The van der Waals surface area contributed by atoms with Crippen LogP contribution in [-0.2, 0) is 9.09 Å². The molecule has 1 aromatic carbocycles. The van der Waals surface area contributed by atoms with Gasteiger partial charge in [-0.05, 0) is 43.7 Å². The maximum absolute atomic E-state index is 12.4. The fourth-order valence-electron chi connectivity index (χ4n) is 2.45. The van der Waals surface area contributed by atoms with Gasteiger partial charge in [-0.15, -0.1) is 0 Å². The summed E-state index contributed by atoms with van der Waals surface area (Å²) in [6, 6.07) is 5.50. The minimum Gasteiger partial charge on any atom is -0.425 e. The van der Waals surface area contributed by atoms with E-state index in [0.717, 1.165) is 25.7 Å². The van der Waals surface area contributed by atoms with Gasteiger partial charge in [0.25, 0.3) is 5.69 Å². The highest BCUT2D eigenvalue weighted by Gasteiger charge is 2.27. The number of nitro benzene ring substituents is 1. The van der Waals surface area contributed by atoms with Crippen molar-refractivity contribution >= 4 is 13.3 Å². The van der Waals surface area contributed by atoms with Gasteiger partial charge in [0.2, 0.25) is 0 Å². The topological polar surface area (TPSA) is 78.7 Å². The van der Waals surface area contributed by atoms with Gasteiger partial charge < -0.3 is 4.52 Å². The molecule has 0 aromatic heterocycles. The third-order valence-corrected chi connectivity index (χ3v) is 4.85. The van der Waals surface area contributed by atoms with Crippen molar-refractivity contribution in [2.45, 2.75) is 38.7 Å². The van der Waals surface area contributed by atoms with Gasteiger partial charge in [-0.2, -0.15) is 0 Å². The van der Waals surface area contributed by atoms with E-state index in [1.807, 2.05) is 0 Å². The maximum atomic E-state index is 12.4. The molecule has 1 atom stereocenters. The van der Waals surface area contributed by atoms with Crippen molar-refractivity contribution in [1.29, 1.82) is 0 Å². The van der Waals surface area contributed by atoms with E-state index in [1.165, 1.54) is 30.9 Å². The number of nitrogens with zero attached hydrogens (tertiary/aromatic N) is 1. The van der Waals surface area contributed by atoms with Crippen LogP contribution in [0.2, 0.25) is 0 Å². The molecule has 7 heteroatoms. The van der Waals surface area contributed by atoms with Gasteiger partial charge in [-0.25, -0.2) is 4.57 Å². The van der Waals surface area contributed by atoms with Crippen LogP contribution in [0.5, 0.6) is 5.75 Å². The van der Waals surface area contributed by atoms with Gasteiger partial charge in [0.15, 0.2) is 0 Å². The first-order valence-electron chi connectivity index (χ1n) is 7.06. The van der Waals surface area contributed by atoms with Gasteiger partial charge in [-0.3, -0.25) is 14.6 Å². The summed E-state index contributed by atoms with van der Waals surface area (Å²) < 4.78 is 23.4. The smallest absolute Gasteiger partial charge is 0.376 e. The van der Waals surface area contributed by atoms with Crippen molar-refractivity contribution in [3.63, 3.8) is 0 Å². The number of nitro groups is 1. The lowest BCUT2D eigenvalue weighted by molar-refractivity contribution is -0.384. The predicted molar refractivity (Wildman–Crippen MR) is 79.8 cm³/mol. The Labute approximate surface area is 124 Å². The minimum absolute atomic E-state index is 0.0320. The lowest BCUT2D eigenvalue weighted by atomic mass is 9.89. The SMILES string of the molecule is CC1CCC(OP(C)(=O)Oc2ccc([N+](=O)[O-])cc2)CC1. The largest absolute Gasteiger partial charge is 0.425 e. The van der Waals surface area contributed by atoms with Gasteiger partial charge >= 0.3 is 7.60 Å². The zero-order valence-electron chi connectivity index (χ0n) is 12.2. The molecule has 0 spiro atoms. The van der Waals surface area contributed by atoms with Crippen molar-refractivity contribution in [1.82, 2.24) is 0 Å². The molecule has 116 valence electrons. The Morgan fingerprint density at radius 2 is 1.76 bits per heavy atom. The van der Waals surface area contributed by atoms with E-state index < -0.39 is 12.5 Å². The molecule has 0 bridgehead atoms. The molecule has 0 radical (unpaired) electrons. The second-order valence-electron chi connectivity index (χ2n) is 5.60. The molecule has 0 aliphatic heterocycles. The first-order valence-corrected chi connectivity index (χ1v) is 9.05. The standard InChI is InChI=1S/C14H20NO5P/c1-11-3-7-13(8-4-11)19-21(2,18)20-14-9-5-12(6-10-14)15(16)17/h5-6,9-11,13H,3-4,7-8H2,1-2H3. The predicted octanol–water partition coefficient (Wildman–Crippen LogP) is 4.39. The van der Waals surface area contributed by atoms with Crippen LogP contribution in [0.25, 0.3) is 0 Å². The average molecular weight is 313 g/mol. The van der Waals surface area contributed by atoms with E-state index in [1.54, 1.807) is 0 Å². The van der Waals surface area contributed by atoms with Crippen molar-refractivity contribution in [3.8, 4) is 5.75 Å². The summed E-state index contributed by atoms with van der Waals surface area (Å²) in [5.41, 5.74) is -0.0320. The third kappa shape index (κ3) is 4.83. The number of non-ortho nitro benzene ring substituents is 1. The summed E-state index contributed by atoms with van der Waals surface area (Å²) in [6.07, 6.45) is 3.89. The summed E-state index contributed by atoms with van der Waals surface area (Å²) >= 11 is 0. The zero-order valence-corrected chi connectivity index (χ0v) is 13.1. The fraction of sp³-hybridized carbons (Fsp3) is 0.571. The summed E-state index contributed by atoms with van der Waals surface area (Å²) in [6.45, 7) is 3.64. The molecule has 0 saturated heterocycles. The number of rotatable bonds is 5. The third-order valence-electron chi connectivity index (χ3n) is 3.62. The molecule has 1 unspecified atom stereocenters. The van der Waals surface area contributed by atoms with Gasteiger partial charge in [0.1, 0.15) is 5.75 Å². The molecular formula is C14H20NO5P. The molecular weight excluding hydrogens is 293 g/mol. The van der Waals surface area contributed by atoms with Crippen molar-refractivity contribution < 1.29 is 18.5 Å². The molecule has 1 fully saturated rings. The van der Waals surface area contributed by atoms with E-state index >= 15 is 0 Å². The summed E-state index contributed by atoms with van der Waals surface area (Å²) in [5.74, 6) is 1.01. The average Bonchev–Trinajstić information content (AvgIpc) is 2.41. The highest BCUT2D eigenvalue weighted by atomic mass is 31.2. The summed E-state index contributed by atoms with van der Waals surface area (Å²) in [4.78, 5) is 10.1. The highest BCUT2D eigenvalue weighted by molar-refractivity contribution is 7.53. The maximum Gasteiger partial charge on any atom is 0.376 e. The Kier molecular flexibility index (Phi) is 5.01. The normalized spacial score (nSPS) is 25.0. The second kappa shape index (κ2) is 6.58. The van der Waals surface area contributed by atoms with Crippen LogP contribution in [0, 0.1) is 16.0 Å². The second-order valence-corrected chi connectivity index (χ2v) is 7.54. The lowest BCUT2D eigenvalue weighted by Gasteiger charge is -2.28. The summed E-state index contributed by atoms with van der Waals surface area (Å²) in [5, 5.41) is 10.6. The Hall–Kier alpha value is -1.39. The van der Waals surface area contributed by atoms with Gasteiger partial charge in [-0.1, -0.05) is 6.92 Å². The van der Waals surface area contributed by atoms with Gasteiger partial charge in [0, 0.05) is 18.8 Å². The molecule has 1 saturated carbocycles. The Morgan fingerprint density at radius 1 is 1.19 bits per heavy atom. The van der Waals surface area contributed by atoms with E-state index in [4.69, 9.17) is 9.05 Å².